The van der Waals surface area contributed by atoms with Crippen molar-refractivity contribution in [1.82, 2.24) is 19.8 Å². The number of carbonyl (C=O) groups excluding carboxylic acids is 2. The van der Waals surface area contributed by atoms with Gasteiger partial charge < -0.3 is 24.6 Å². The standard InChI is InChI=1S/C21H18N4O5/c26-18-14(10-24-11-16-25(6-7-30-16)21(29)17(24)19(18)27)20(28)23-9-12-3-4-15-13(8-12)2-1-5-22-15/h1-5,8,10,16,27H,6-7,9,11H2,(H,23,28). The zero-order valence-electron chi connectivity index (χ0n) is 15.9. The van der Waals surface area contributed by atoms with Crippen LogP contribution in [0.5, 0.6) is 5.75 Å². The molecule has 2 N–H and O–H groups in total. The van der Waals surface area contributed by atoms with Crippen molar-refractivity contribution in [2.45, 2.75) is 19.3 Å². The molecule has 2 aliphatic heterocycles. The van der Waals surface area contributed by atoms with Crippen LogP contribution in [0.15, 0.2) is 47.5 Å². The number of hydrogen-bond acceptors (Lipinski definition) is 6. The van der Waals surface area contributed by atoms with Crippen LogP contribution in [-0.4, -0.2) is 50.8 Å². The number of nitrogens with one attached hydrogen (secondary N) is 1. The van der Waals surface area contributed by atoms with E-state index in [4.69, 9.17) is 4.74 Å². The molecule has 9 heteroatoms. The SMILES string of the molecule is O=C(NCc1ccc2ncccc2c1)c1cn2c(c(O)c1=O)C(=O)N1CCOC1C2. The molecule has 1 saturated heterocycles. The first-order valence-corrected chi connectivity index (χ1v) is 9.54. The number of nitrogens with zero attached hydrogens (tertiary/aromatic N) is 3. The molecule has 1 unspecified atom stereocenters. The van der Waals surface area contributed by atoms with Crippen molar-refractivity contribution in [3.8, 4) is 5.75 Å². The van der Waals surface area contributed by atoms with Gasteiger partial charge >= 0.3 is 0 Å². The number of amides is 2. The highest BCUT2D eigenvalue weighted by Gasteiger charge is 2.39. The van der Waals surface area contributed by atoms with Crippen molar-refractivity contribution < 1.29 is 19.4 Å². The first-order valence-electron chi connectivity index (χ1n) is 9.54. The minimum Gasteiger partial charge on any atom is -0.503 e. The van der Waals surface area contributed by atoms with Gasteiger partial charge in [0.2, 0.25) is 5.43 Å². The van der Waals surface area contributed by atoms with Crippen molar-refractivity contribution in [3.63, 3.8) is 0 Å². The van der Waals surface area contributed by atoms with Gasteiger partial charge in [0, 0.05) is 30.9 Å². The fraction of sp³-hybridized carbons (Fsp3) is 0.238. The van der Waals surface area contributed by atoms with Crippen LogP contribution in [0.3, 0.4) is 0 Å². The second-order valence-electron chi connectivity index (χ2n) is 7.26. The van der Waals surface area contributed by atoms with Crippen molar-refractivity contribution in [3.05, 3.63) is 69.8 Å². The third-order valence-corrected chi connectivity index (χ3v) is 5.43. The molecule has 5 rings (SSSR count). The van der Waals surface area contributed by atoms with Gasteiger partial charge in [-0.25, -0.2) is 0 Å². The van der Waals surface area contributed by atoms with Gasteiger partial charge in [-0.05, 0) is 23.8 Å². The molecule has 2 aromatic heterocycles. The summed E-state index contributed by atoms with van der Waals surface area (Å²) >= 11 is 0. The van der Waals surface area contributed by atoms with E-state index in [1.807, 2.05) is 30.3 Å². The monoisotopic (exact) mass is 406 g/mol. The normalized spacial score (nSPS) is 17.7. The van der Waals surface area contributed by atoms with Crippen LogP contribution in [0, 0.1) is 0 Å². The van der Waals surface area contributed by atoms with Gasteiger partial charge in [-0.2, -0.15) is 0 Å². The summed E-state index contributed by atoms with van der Waals surface area (Å²) in [5.41, 5.74) is 0.487. The lowest BCUT2D eigenvalue weighted by Gasteiger charge is -2.31. The Morgan fingerprint density at radius 1 is 1.30 bits per heavy atom. The topological polar surface area (TPSA) is 114 Å². The third-order valence-electron chi connectivity index (χ3n) is 5.43. The van der Waals surface area contributed by atoms with Gasteiger partial charge in [0.05, 0.1) is 18.7 Å². The Morgan fingerprint density at radius 2 is 2.17 bits per heavy atom. The van der Waals surface area contributed by atoms with Crippen LogP contribution < -0.4 is 10.7 Å². The van der Waals surface area contributed by atoms with Gasteiger partial charge in [-0.1, -0.05) is 12.1 Å². The number of fused-ring (bicyclic) bond motifs is 3. The maximum absolute atomic E-state index is 12.7. The Morgan fingerprint density at radius 3 is 3.03 bits per heavy atom. The highest BCUT2D eigenvalue weighted by atomic mass is 16.5. The Balaban J connectivity index is 1.41. The molecule has 0 spiro atoms. The fourth-order valence-electron chi connectivity index (χ4n) is 3.90. The zero-order chi connectivity index (χ0) is 20.8. The maximum Gasteiger partial charge on any atom is 0.276 e. The molecule has 2 aliphatic rings. The fourth-order valence-corrected chi connectivity index (χ4v) is 3.90. The van der Waals surface area contributed by atoms with E-state index in [9.17, 15) is 19.5 Å². The predicted molar refractivity (Wildman–Crippen MR) is 106 cm³/mol. The third kappa shape index (κ3) is 2.91. The van der Waals surface area contributed by atoms with E-state index < -0.39 is 29.2 Å². The van der Waals surface area contributed by atoms with Crippen molar-refractivity contribution in [2.24, 2.45) is 0 Å². The molecule has 2 amide bonds. The van der Waals surface area contributed by atoms with E-state index in [1.165, 1.54) is 15.7 Å². The van der Waals surface area contributed by atoms with Gasteiger partial charge in [0.15, 0.2) is 17.7 Å². The minimum atomic E-state index is -0.867. The molecule has 1 aromatic carbocycles. The average Bonchev–Trinajstić information content (AvgIpc) is 3.23. The van der Waals surface area contributed by atoms with E-state index >= 15 is 0 Å². The number of hydrogen-bond donors (Lipinski definition) is 2. The molecule has 9 nitrogen and oxygen atoms in total. The smallest absolute Gasteiger partial charge is 0.276 e. The van der Waals surface area contributed by atoms with Crippen molar-refractivity contribution in [1.29, 1.82) is 0 Å². The van der Waals surface area contributed by atoms with Crippen LogP contribution >= 0.6 is 0 Å². The van der Waals surface area contributed by atoms with Gasteiger partial charge in [0.25, 0.3) is 11.8 Å². The molecule has 152 valence electrons. The summed E-state index contributed by atoms with van der Waals surface area (Å²) < 4.78 is 6.93. The average molecular weight is 406 g/mol. The van der Waals surface area contributed by atoms with Gasteiger partial charge in [-0.15, -0.1) is 0 Å². The van der Waals surface area contributed by atoms with Crippen LogP contribution in [-0.2, 0) is 17.8 Å². The molecule has 1 fully saturated rings. The molecular weight excluding hydrogens is 388 g/mol. The van der Waals surface area contributed by atoms with Crippen LogP contribution in [0.2, 0.25) is 0 Å². The zero-order valence-corrected chi connectivity index (χ0v) is 15.9. The molecule has 3 aromatic rings. The summed E-state index contributed by atoms with van der Waals surface area (Å²) in [4.78, 5) is 43.6. The molecule has 0 aliphatic carbocycles. The van der Waals surface area contributed by atoms with E-state index in [1.54, 1.807) is 6.20 Å². The van der Waals surface area contributed by atoms with Gasteiger partial charge in [-0.3, -0.25) is 19.4 Å². The summed E-state index contributed by atoms with van der Waals surface area (Å²) in [6.45, 7) is 1.24. The molecule has 30 heavy (non-hydrogen) atoms. The van der Waals surface area contributed by atoms with Crippen LogP contribution in [0.25, 0.3) is 10.9 Å². The van der Waals surface area contributed by atoms with E-state index in [0.29, 0.717) is 13.2 Å². The Bertz CT molecular complexity index is 1250. The summed E-state index contributed by atoms with van der Waals surface area (Å²) in [5, 5.41) is 14.0. The summed E-state index contributed by atoms with van der Waals surface area (Å²) in [7, 11) is 0. The Kier molecular flexibility index (Phi) is 4.25. The molecule has 1 atom stereocenters. The summed E-state index contributed by atoms with van der Waals surface area (Å²) in [6.07, 6.45) is 2.56. The Labute approximate surface area is 170 Å². The lowest BCUT2D eigenvalue weighted by molar-refractivity contribution is 0.00845. The number of aromatic nitrogens is 2. The van der Waals surface area contributed by atoms with E-state index in [-0.39, 0.29) is 24.3 Å². The summed E-state index contributed by atoms with van der Waals surface area (Å²) in [5.74, 6) is -1.82. The number of ether oxygens (including phenoxy) is 1. The molecule has 0 radical (unpaired) electrons. The van der Waals surface area contributed by atoms with E-state index in [0.717, 1.165) is 16.5 Å². The highest BCUT2D eigenvalue weighted by molar-refractivity contribution is 5.99. The minimum absolute atomic E-state index is 0.111. The maximum atomic E-state index is 12.7. The summed E-state index contributed by atoms with van der Waals surface area (Å²) in [6, 6.07) is 9.36. The van der Waals surface area contributed by atoms with Crippen LogP contribution in [0.1, 0.15) is 26.4 Å². The molecule has 0 bridgehead atoms. The number of carbonyl (C=O) groups is 2. The first kappa shape index (κ1) is 18.3. The first-order chi connectivity index (χ1) is 14.5. The van der Waals surface area contributed by atoms with E-state index in [2.05, 4.69) is 10.3 Å². The van der Waals surface area contributed by atoms with Gasteiger partial charge in [0.1, 0.15) is 5.56 Å². The Hall–Kier alpha value is -3.72. The molecule has 0 saturated carbocycles. The second-order valence-corrected chi connectivity index (χ2v) is 7.26. The van der Waals surface area contributed by atoms with Crippen molar-refractivity contribution >= 4 is 22.7 Å². The molecular formula is C21H18N4O5. The molecule has 4 heterocycles. The number of rotatable bonds is 3. The van der Waals surface area contributed by atoms with Crippen molar-refractivity contribution in [2.75, 3.05) is 13.2 Å². The lowest BCUT2D eigenvalue weighted by Crippen LogP contribution is -2.46. The second kappa shape index (κ2) is 6.96. The number of benzene rings is 1. The highest BCUT2D eigenvalue weighted by Crippen LogP contribution is 2.26. The van der Waals surface area contributed by atoms with Crippen LogP contribution in [0.4, 0.5) is 0 Å². The largest absolute Gasteiger partial charge is 0.503 e. The number of aromatic hydroxyl groups is 1. The number of pyridine rings is 2. The quantitative estimate of drug-likeness (QED) is 0.667. The predicted octanol–water partition coefficient (Wildman–Crippen LogP) is 0.844. The lowest BCUT2D eigenvalue weighted by atomic mass is 10.1.